The number of ether oxygens (including phenoxy) is 1. The Kier molecular flexibility index (Phi) is 5.26. The molecule has 1 saturated heterocycles. The third-order valence-corrected chi connectivity index (χ3v) is 5.57. The smallest absolute Gasteiger partial charge is 0.295 e. The molecule has 0 aliphatic carbocycles. The summed E-state index contributed by atoms with van der Waals surface area (Å²) in [5.74, 6) is -1.30. The minimum absolute atomic E-state index is 0.0266. The van der Waals surface area contributed by atoms with Crippen LogP contribution >= 0.6 is 11.6 Å². The number of para-hydroxylation sites is 1. The molecular weight excluding hydrogens is 404 g/mol. The third kappa shape index (κ3) is 3.13. The molecule has 154 valence electrons. The van der Waals surface area contributed by atoms with E-state index in [1.54, 1.807) is 18.3 Å². The van der Waals surface area contributed by atoms with E-state index in [1.807, 2.05) is 31.2 Å². The highest BCUT2D eigenvalue weighted by atomic mass is 35.5. The fourth-order valence-corrected chi connectivity index (χ4v) is 4.18. The van der Waals surface area contributed by atoms with Crippen LogP contribution in [0.15, 0.2) is 54.2 Å². The molecule has 1 aromatic heterocycles. The summed E-state index contributed by atoms with van der Waals surface area (Å²) < 4.78 is 5.34. The SMILES string of the molecule is CCCN1C(=O)C(=O)/C(=C(/O)c2cc(Cl)ccc2OC)C1c1c[nH]c2ccccc12. The number of nitrogens with zero attached hydrogens (tertiary/aromatic N) is 1. The lowest BCUT2D eigenvalue weighted by Gasteiger charge is -2.24. The normalized spacial score (nSPS) is 18.4. The van der Waals surface area contributed by atoms with Crippen molar-refractivity contribution in [2.75, 3.05) is 13.7 Å². The van der Waals surface area contributed by atoms with Crippen LogP contribution in [0.1, 0.15) is 30.5 Å². The summed E-state index contributed by atoms with van der Waals surface area (Å²) in [6.07, 6.45) is 2.46. The second-order valence-electron chi connectivity index (χ2n) is 7.13. The van der Waals surface area contributed by atoms with Gasteiger partial charge in [0, 0.05) is 34.2 Å². The lowest BCUT2D eigenvalue weighted by molar-refractivity contribution is -0.139. The van der Waals surface area contributed by atoms with Crippen LogP contribution in [0.5, 0.6) is 5.75 Å². The summed E-state index contributed by atoms with van der Waals surface area (Å²) in [7, 11) is 1.47. The molecule has 2 aromatic carbocycles. The zero-order valence-corrected chi connectivity index (χ0v) is 17.4. The zero-order valence-electron chi connectivity index (χ0n) is 16.6. The highest BCUT2D eigenvalue weighted by molar-refractivity contribution is 6.46. The first-order chi connectivity index (χ1) is 14.5. The number of likely N-dealkylation sites (tertiary alicyclic amines) is 1. The van der Waals surface area contributed by atoms with Gasteiger partial charge in [-0.25, -0.2) is 0 Å². The first-order valence-corrected chi connectivity index (χ1v) is 10.0. The van der Waals surface area contributed by atoms with Crippen molar-refractivity contribution in [3.63, 3.8) is 0 Å². The van der Waals surface area contributed by atoms with E-state index in [4.69, 9.17) is 16.3 Å². The van der Waals surface area contributed by atoms with Gasteiger partial charge in [-0.15, -0.1) is 0 Å². The van der Waals surface area contributed by atoms with Gasteiger partial charge < -0.3 is 19.7 Å². The number of fused-ring (bicyclic) bond motifs is 1. The van der Waals surface area contributed by atoms with Gasteiger partial charge in [0.05, 0.1) is 24.3 Å². The number of hydrogen-bond acceptors (Lipinski definition) is 4. The van der Waals surface area contributed by atoms with Crippen molar-refractivity contribution in [2.24, 2.45) is 0 Å². The van der Waals surface area contributed by atoms with E-state index in [1.165, 1.54) is 18.1 Å². The Morgan fingerprint density at radius 3 is 2.73 bits per heavy atom. The summed E-state index contributed by atoms with van der Waals surface area (Å²) >= 11 is 6.13. The molecule has 4 rings (SSSR count). The maximum atomic E-state index is 13.0. The highest BCUT2D eigenvalue weighted by Crippen LogP contribution is 2.43. The van der Waals surface area contributed by atoms with Crippen LogP contribution in [0.4, 0.5) is 0 Å². The summed E-state index contributed by atoms with van der Waals surface area (Å²) in [4.78, 5) is 30.6. The Labute approximate surface area is 178 Å². The van der Waals surface area contributed by atoms with Gasteiger partial charge >= 0.3 is 0 Å². The topological polar surface area (TPSA) is 82.6 Å². The van der Waals surface area contributed by atoms with Crippen molar-refractivity contribution < 1.29 is 19.4 Å². The molecule has 0 bridgehead atoms. The van der Waals surface area contributed by atoms with Crippen LogP contribution < -0.4 is 4.74 Å². The molecule has 3 aromatic rings. The van der Waals surface area contributed by atoms with Gasteiger partial charge in [0.25, 0.3) is 11.7 Å². The molecule has 1 unspecified atom stereocenters. The number of aromatic nitrogens is 1. The number of ketones is 1. The Hall–Kier alpha value is -3.25. The van der Waals surface area contributed by atoms with E-state index in [-0.39, 0.29) is 16.9 Å². The van der Waals surface area contributed by atoms with Crippen molar-refractivity contribution in [2.45, 2.75) is 19.4 Å². The quantitative estimate of drug-likeness (QED) is 0.354. The number of halogens is 1. The standard InChI is InChI=1S/C23H21ClN2O4/c1-3-10-26-20(16-12-25-17-7-5-4-6-14(16)17)19(22(28)23(26)29)21(27)15-11-13(24)8-9-18(15)30-2/h4-9,11-12,20,25,27H,3,10H2,1-2H3/b21-19+. The van der Waals surface area contributed by atoms with Crippen LogP contribution in [0.2, 0.25) is 5.02 Å². The van der Waals surface area contributed by atoms with Crippen molar-refractivity contribution in [1.82, 2.24) is 9.88 Å². The highest BCUT2D eigenvalue weighted by Gasteiger charge is 2.46. The fraction of sp³-hybridized carbons (Fsp3) is 0.217. The van der Waals surface area contributed by atoms with E-state index in [0.29, 0.717) is 23.7 Å². The third-order valence-electron chi connectivity index (χ3n) is 5.34. The van der Waals surface area contributed by atoms with Crippen molar-refractivity contribution in [3.05, 3.63) is 70.4 Å². The van der Waals surface area contributed by atoms with Crippen LogP contribution in [0, 0.1) is 0 Å². The molecule has 1 aliphatic heterocycles. The molecular formula is C23H21ClN2O4. The number of amides is 1. The molecule has 2 N–H and O–H groups in total. The average Bonchev–Trinajstić information content (AvgIpc) is 3.28. The van der Waals surface area contributed by atoms with Gasteiger partial charge in [0.2, 0.25) is 0 Å². The lowest BCUT2D eigenvalue weighted by atomic mass is 9.94. The molecule has 7 heteroatoms. The predicted octanol–water partition coefficient (Wildman–Crippen LogP) is 4.66. The Balaban J connectivity index is 1.99. The first kappa shape index (κ1) is 20.0. The monoisotopic (exact) mass is 424 g/mol. The summed E-state index contributed by atoms with van der Waals surface area (Å²) in [6, 6.07) is 11.7. The number of carbonyl (C=O) groups excluding carboxylic acids is 2. The van der Waals surface area contributed by atoms with Gasteiger partial charge in [-0.2, -0.15) is 0 Å². The van der Waals surface area contributed by atoms with E-state index in [0.717, 1.165) is 16.5 Å². The molecule has 2 heterocycles. The Morgan fingerprint density at radius 2 is 2.00 bits per heavy atom. The Morgan fingerprint density at radius 1 is 1.23 bits per heavy atom. The molecule has 1 fully saturated rings. The molecule has 1 atom stereocenters. The maximum Gasteiger partial charge on any atom is 0.295 e. The summed E-state index contributed by atoms with van der Waals surface area (Å²) in [5, 5.41) is 12.5. The van der Waals surface area contributed by atoms with Gasteiger partial charge in [-0.05, 0) is 30.7 Å². The maximum absolute atomic E-state index is 13.0. The number of carbonyl (C=O) groups is 2. The second kappa shape index (κ2) is 7.88. The summed E-state index contributed by atoms with van der Waals surface area (Å²) in [6.45, 7) is 2.32. The minimum atomic E-state index is -0.724. The lowest BCUT2D eigenvalue weighted by Crippen LogP contribution is -2.30. The van der Waals surface area contributed by atoms with Crippen LogP contribution in [-0.2, 0) is 9.59 Å². The summed E-state index contributed by atoms with van der Waals surface area (Å²) in [5.41, 5.74) is 1.93. The Bertz CT molecular complexity index is 1180. The van der Waals surface area contributed by atoms with Gasteiger partial charge in [-0.3, -0.25) is 9.59 Å². The van der Waals surface area contributed by atoms with Crippen LogP contribution in [-0.4, -0.2) is 40.3 Å². The van der Waals surface area contributed by atoms with Gasteiger partial charge in [0.15, 0.2) is 0 Å². The van der Waals surface area contributed by atoms with E-state index in [9.17, 15) is 14.7 Å². The number of H-pyrrole nitrogens is 1. The molecule has 30 heavy (non-hydrogen) atoms. The number of benzene rings is 2. The second-order valence-corrected chi connectivity index (χ2v) is 7.56. The number of nitrogens with one attached hydrogen (secondary N) is 1. The number of aromatic amines is 1. The number of aliphatic hydroxyl groups is 1. The molecule has 6 nitrogen and oxygen atoms in total. The predicted molar refractivity (Wildman–Crippen MR) is 116 cm³/mol. The molecule has 0 saturated carbocycles. The first-order valence-electron chi connectivity index (χ1n) is 9.66. The number of methoxy groups -OCH3 is 1. The van der Waals surface area contributed by atoms with Gasteiger partial charge in [-0.1, -0.05) is 36.7 Å². The van der Waals surface area contributed by atoms with E-state index in [2.05, 4.69) is 4.98 Å². The van der Waals surface area contributed by atoms with Crippen molar-refractivity contribution in [1.29, 1.82) is 0 Å². The number of Topliss-reactive ketones (excluding diaryl/α,β-unsaturated/α-hetero) is 1. The molecule has 1 aliphatic rings. The van der Waals surface area contributed by atoms with Crippen LogP contribution in [0.3, 0.4) is 0 Å². The number of rotatable bonds is 5. The fourth-order valence-electron chi connectivity index (χ4n) is 4.01. The zero-order chi connectivity index (χ0) is 21.4. The minimum Gasteiger partial charge on any atom is -0.507 e. The van der Waals surface area contributed by atoms with Gasteiger partial charge in [0.1, 0.15) is 11.5 Å². The largest absolute Gasteiger partial charge is 0.507 e. The molecule has 1 amide bonds. The van der Waals surface area contributed by atoms with E-state index < -0.39 is 17.7 Å². The molecule has 0 radical (unpaired) electrons. The van der Waals surface area contributed by atoms with Crippen LogP contribution in [0.25, 0.3) is 16.7 Å². The van der Waals surface area contributed by atoms with Crippen molar-refractivity contribution >= 4 is 40.0 Å². The number of aliphatic hydroxyl groups excluding tert-OH is 1. The van der Waals surface area contributed by atoms with E-state index >= 15 is 0 Å². The average molecular weight is 425 g/mol. The van der Waals surface area contributed by atoms with Crippen molar-refractivity contribution in [3.8, 4) is 5.75 Å². The number of hydrogen-bond donors (Lipinski definition) is 2. The molecule has 0 spiro atoms.